The lowest BCUT2D eigenvalue weighted by atomic mass is 10.0. The highest BCUT2D eigenvalue weighted by atomic mass is 31.2. The van der Waals surface area contributed by atoms with Gasteiger partial charge < -0.3 is 33.8 Å². The average Bonchev–Trinajstić information content (AvgIpc) is 0.896. The molecule has 111 heavy (non-hydrogen) atoms. The fourth-order valence-corrected chi connectivity index (χ4v) is 16.1. The van der Waals surface area contributed by atoms with Gasteiger partial charge in [-0.3, -0.25) is 37.3 Å². The monoisotopic (exact) mass is 1620 g/mol. The predicted molar refractivity (Wildman–Crippen MR) is 460 cm³/mol. The molecule has 0 aliphatic rings. The Hall–Kier alpha value is -1.94. The molecule has 0 aromatic rings. The first kappa shape index (κ1) is 109. The molecule has 17 nitrogen and oxygen atoms in total. The Balaban J connectivity index is 5.25. The van der Waals surface area contributed by atoms with E-state index in [0.717, 1.165) is 102 Å². The molecular weight excluding hydrogens is 1440 g/mol. The van der Waals surface area contributed by atoms with E-state index in [1.807, 2.05) is 0 Å². The average molecular weight is 1620 g/mol. The van der Waals surface area contributed by atoms with Crippen molar-refractivity contribution in [3.63, 3.8) is 0 Å². The normalized spacial score (nSPS) is 13.7. The third kappa shape index (κ3) is 85.8. The van der Waals surface area contributed by atoms with Crippen LogP contribution >= 0.6 is 15.6 Å². The molecule has 0 fully saturated rings. The molecular formula is C92H180O17P2. The van der Waals surface area contributed by atoms with Crippen LogP contribution < -0.4 is 0 Å². The van der Waals surface area contributed by atoms with Gasteiger partial charge in [0.05, 0.1) is 26.4 Å². The maximum Gasteiger partial charge on any atom is 0.472 e. The summed E-state index contributed by atoms with van der Waals surface area (Å²) in [6.45, 7) is 9.73. The van der Waals surface area contributed by atoms with E-state index < -0.39 is 97.5 Å². The zero-order valence-corrected chi connectivity index (χ0v) is 75.1. The third-order valence-electron chi connectivity index (χ3n) is 21.7. The summed E-state index contributed by atoms with van der Waals surface area (Å²) in [6.07, 6.45) is 77.9. The summed E-state index contributed by atoms with van der Waals surface area (Å²) in [5.41, 5.74) is 0. The minimum Gasteiger partial charge on any atom is -0.462 e. The first-order chi connectivity index (χ1) is 53.9. The van der Waals surface area contributed by atoms with Crippen LogP contribution in [0.5, 0.6) is 0 Å². The molecule has 0 aliphatic carbocycles. The van der Waals surface area contributed by atoms with Gasteiger partial charge in [0.1, 0.15) is 19.3 Å². The fourth-order valence-electron chi connectivity index (χ4n) is 14.5. The second-order valence-electron chi connectivity index (χ2n) is 34.0. The lowest BCUT2D eigenvalue weighted by Crippen LogP contribution is -2.30. The van der Waals surface area contributed by atoms with Crippen molar-refractivity contribution in [2.24, 2.45) is 11.8 Å². The van der Waals surface area contributed by atoms with E-state index in [2.05, 4.69) is 41.5 Å². The highest BCUT2D eigenvalue weighted by molar-refractivity contribution is 7.47. The third-order valence-corrected chi connectivity index (χ3v) is 23.6. The Morgan fingerprint density at radius 1 is 0.243 bits per heavy atom. The van der Waals surface area contributed by atoms with Crippen molar-refractivity contribution in [3.05, 3.63) is 0 Å². The first-order valence-corrected chi connectivity index (χ1v) is 50.5. The number of hydrogen-bond acceptors (Lipinski definition) is 15. The van der Waals surface area contributed by atoms with Gasteiger partial charge in [0, 0.05) is 25.7 Å². The molecule has 0 aromatic carbocycles. The minimum absolute atomic E-state index is 0.109. The molecule has 660 valence electrons. The molecule has 0 aromatic heterocycles. The highest BCUT2D eigenvalue weighted by Crippen LogP contribution is 2.45. The number of phosphoric ester groups is 2. The molecule has 0 amide bonds. The molecule has 0 rings (SSSR count). The van der Waals surface area contributed by atoms with Crippen LogP contribution in [0.4, 0.5) is 0 Å². The van der Waals surface area contributed by atoms with Crippen molar-refractivity contribution >= 4 is 39.5 Å². The van der Waals surface area contributed by atoms with E-state index in [1.165, 1.54) is 315 Å². The van der Waals surface area contributed by atoms with Gasteiger partial charge in [-0.2, -0.15) is 0 Å². The van der Waals surface area contributed by atoms with Crippen molar-refractivity contribution in [1.82, 2.24) is 0 Å². The maximum atomic E-state index is 13.2. The van der Waals surface area contributed by atoms with Crippen LogP contribution in [0, 0.1) is 11.8 Å². The second-order valence-corrected chi connectivity index (χ2v) is 36.9. The summed E-state index contributed by atoms with van der Waals surface area (Å²) in [7, 11) is -9.94. The molecule has 0 heterocycles. The van der Waals surface area contributed by atoms with E-state index in [9.17, 15) is 43.2 Å². The van der Waals surface area contributed by atoms with Gasteiger partial charge in [0.25, 0.3) is 0 Å². The smallest absolute Gasteiger partial charge is 0.462 e. The Labute approximate surface area is 683 Å². The van der Waals surface area contributed by atoms with Gasteiger partial charge in [0.2, 0.25) is 0 Å². The number of unbranched alkanes of at least 4 members (excludes halogenated alkanes) is 61. The topological polar surface area (TPSA) is 237 Å². The SMILES string of the molecule is CCCCCCCCCCCCCCCCCCCCCCC(=O)OC[C@H](COP(=O)(O)OC[C@@H](O)COP(=O)(O)OC[C@@H](COC(=O)CCCCCCCCCCCC(C)C)OC(=O)CCCCCCCCCCCCCCCCCCCC)OC(=O)CCCCCCCCCCCCCCCCCCCCC(C)C. The molecule has 3 N–H and O–H groups in total. The summed E-state index contributed by atoms with van der Waals surface area (Å²) < 4.78 is 69.1. The van der Waals surface area contributed by atoms with Crippen molar-refractivity contribution < 1.29 is 80.2 Å². The van der Waals surface area contributed by atoms with Crippen molar-refractivity contribution in [3.8, 4) is 0 Å². The molecule has 0 aliphatic heterocycles. The Bertz CT molecular complexity index is 2120. The molecule has 2 unspecified atom stereocenters. The lowest BCUT2D eigenvalue weighted by molar-refractivity contribution is -0.161. The zero-order chi connectivity index (χ0) is 81.3. The summed E-state index contributed by atoms with van der Waals surface area (Å²) in [6, 6.07) is 0. The quantitative estimate of drug-likeness (QED) is 0.0222. The van der Waals surface area contributed by atoms with E-state index in [1.54, 1.807) is 0 Å². The van der Waals surface area contributed by atoms with Gasteiger partial charge in [-0.05, 0) is 37.5 Å². The Morgan fingerprint density at radius 3 is 0.613 bits per heavy atom. The van der Waals surface area contributed by atoms with Crippen molar-refractivity contribution in [1.29, 1.82) is 0 Å². The largest absolute Gasteiger partial charge is 0.472 e. The number of esters is 4. The van der Waals surface area contributed by atoms with Gasteiger partial charge >= 0.3 is 39.5 Å². The van der Waals surface area contributed by atoms with E-state index in [4.69, 9.17) is 37.0 Å². The van der Waals surface area contributed by atoms with Crippen LogP contribution in [0.1, 0.15) is 497 Å². The minimum atomic E-state index is -4.97. The lowest BCUT2D eigenvalue weighted by Gasteiger charge is -2.21. The molecule has 0 radical (unpaired) electrons. The molecule has 0 spiro atoms. The highest BCUT2D eigenvalue weighted by Gasteiger charge is 2.31. The summed E-state index contributed by atoms with van der Waals surface area (Å²) in [5, 5.41) is 10.7. The van der Waals surface area contributed by atoms with E-state index in [-0.39, 0.29) is 25.7 Å². The van der Waals surface area contributed by atoms with Crippen LogP contribution in [0.25, 0.3) is 0 Å². The number of carbonyl (C=O) groups excluding carboxylic acids is 4. The fraction of sp³-hybridized carbons (Fsp3) is 0.957. The summed E-state index contributed by atoms with van der Waals surface area (Å²) in [5.74, 6) is -0.530. The number of hydrogen-bond donors (Lipinski definition) is 3. The molecule has 0 saturated carbocycles. The number of rotatable bonds is 91. The van der Waals surface area contributed by atoms with Crippen LogP contribution in [0.3, 0.4) is 0 Å². The van der Waals surface area contributed by atoms with Crippen molar-refractivity contribution in [2.45, 2.75) is 516 Å². The van der Waals surface area contributed by atoms with Gasteiger partial charge in [-0.1, -0.05) is 446 Å². The van der Waals surface area contributed by atoms with Crippen LogP contribution in [-0.2, 0) is 65.4 Å². The Kier molecular flexibility index (Phi) is 81.7. The van der Waals surface area contributed by atoms with Crippen LogP contribution in [0.2, 0.25) is 0 Å². The molecule has 5 atom stereocenters. The summed E-state index contributed by atoms with van der Waals surface area (Å²) in [4.78, 5) is 73.5. The summed E-state index contributed by atoms with van der Waals surface area (Å²) >= 11 is 0. The molecule has 0 bridgehead atoms. The first-order valence-electron chi connectivity index (χ1n) is 47.5. The Morgan fingerprint density at radius 2 is 0.414 bits per heavy atom. The van der Waals surface area contributed by atoms with E-state index in [0.29, 0.717) is 25.7 Å². The number of ether oxygens (including phenoxy) is 4. The standard InChI is InChI=1S/C92H180O17P2/c1-7-9-11-13-15-17-19-21-23-25-27-28-33-36-40-44-50-56-62-68-74-89(94)102-80-87(108-91(96)76-71-65-59-52-46-42-38-34-30-29-31-35-39-43-48-54-60-66-72-84(3)4)82-106-110(98,99)104-78-86(93)79-105-111(100,101)107-83-88(81-103-90(95)75-69-63-57-53-47-49-55-61-67-73-85(5)6)109-92(97)77-70-64-58-51-45-41-37-32-26-24-22-20-18-16-14-12-10-8-2/h84-88,93H,7-83H2,1-6H3,(H,98,99)(H,100,101)/t86-,87-,88-/m1/s1. The van der Waals surface area contributed by atoms with E-state index >= 15 is 0 Å². The zero-order valence-electron chi connectivity index (χ0n) is 73.3. The number of phosphoric acid groups is 2. The van der Waals surface area contributed by atoms with Gasteiger partial charge in [-0.25, -0.2) is 9.13 Å². The van der Waals surface area contributed by atoms with Crippen LogP contribution in [0.15, 0.2) is 0 Å². The number of carbonyl (C=O) groups is 4. The van der Waals surface area contributed by atoms with Crippen LogP contribution in [-0.4, -0.2) is 96.7 Å². The molecule has 19 heteroatoms. The molecule has 0 saturated heterocycles. The van der Waals surface area contributed by atoms with Crippen molar-refractivity contribution in [2.75, 3.05) is 39.6 Å². The maximum absolute atomic E-state index is 13.2. The second kappa shape index (κ2) is 83.1. The predicted octanol–water partition coefficient (Wildman–Crippen LogP) is 28.6. The number of aliphatic hydroxyl groups excluding tert-OH is 1. The van der Waals surface area contributed by atoms with Gasteiger partial charge in [0.15, 0.2) is 12.2 Å². The van der Waals surface area contributed by atoms with Gasteiger partial charge in [-0.15, -0.1) is 0 Å². The number of aliphatic hydroxyl groups is 1.